The number of nitrogens with one attached hydrogen (secondary N) is 1. The van der Waals surface area contributed by atoms with Gasteiger partial charge < -0.3 is 10.1 Å². The van der Waals surface area contributed by atoms with E-state index < -0.39 is 0 Å². The minimum Gasteiger partial charge on any atom is -0.497 e. The molecular weight excluding hydrogens is 286 g/mol. The molecular formula is C17H18ClNO2. The lowest BCUT2D eigenvalue weighted by Gasteiger charge is -2.19. The standard InChI is InChI=1S/C17H18ClNO2/c1-21-15-9-5-6-13(10-15)11-16(19-17(20)12-18)14-7-3-2-4-8-14/h2-10,16H,11-12H2,1H3,(H,19,20). The summed E-state index contributed by atoms with van der Waals surface area (Å²) in [7, 11) is 1.64. The molecule has 0 saturated heterocycles. The van der Waals surface area contributed by atoms with E-state index in [2.05, 4.69) is 5.32 Å². The van der Waals surface area contributed by atoms with Gasteiger partial charge in [0.25, 0.3) is 0 Å². The van der Waals surface area contributed by atoms with Crippen molar-refractivity contribution >= 4 is 17.5 Å². The van der Waals surface area contributed by atoms with Crippen LogP contribution in [0.3, 0.4) is 0 Å². The Morgan fingerprint density at radius 2 is 1.95 bits per heavy atom. The first-order chi connectivity index (χ1) is 10.2. The van der Waals surface area contributed by atoms with Crippen molar-refractivity contribution in [3.05, 3.63) is 65.7 Å². The third-order valence-corrected chi connectivity index (χ3v) is 3.48. The van der Waals surface area contributed by atoms with E-state index in [0.717, 1.165) is 16.9 Å². The van der Waals surface area contributed by atoms with Gasteiger partial charge in [-0.1, -0.05) is 42.5 Å². The second-order valence-corrected chi connectivity index (χ2v) is 4.99. The predicted molar refractivity (Wildman–Crippen MR) is 84.7 cm³/mol. The van der Waals surface area contributed by atoms with Crippen molar-refractivity contribution in [1.29, 1.82) is 0 Å². The molecule has 1 unspecified atom stereocenters. The number of carbonyl (C=O) groups is 1. The molecule has 0 spiro atoms. The van der Waals surface area contributed by atoms with Gasteiger partial charge in [-0.15, -0.1) is 11.6 Å². The molecule has 2 aromatic rings. The zero-order chi connectivity index (χ0) is 15.1. The van der Waals surface area contributed by atoms with E-state index in [-0.39, 0.29) is 17.8 Å². The lowest BCUT2D eigenvalue weighted by atomic mass is 9.98. The Hall–Kier alpha value is -2.00. The molecule has 0 heterocycles. The van der Waals surface area contributed by atoms with Crippen molar-refractivity contribution in [3.63, 3.8) is 0 Å². The van der Waals surface area contributed by atoms with Crippen LogP contribution in [0.25, 0.3) is 0 Å². The molecule has 2 aromatic carbocycles. The summed E-state index contributed by atoms with van der Waals surface area (Å²) in [5.74, 6) is 0.595. The van der Waals surface area contributed by atoms with E-state index in [0.29, 0.717) is 6.42 Å². The fourth-order valence-electron chi connectivity index (χ4n) is 2.21. The van der Waals surface area contributed by atoms with Gasteiger partial charge in [-0.2, -0.15) is 0 Å². The van der Waals surface area contributed by atoms with Gasteiger partial charge in [0.1, 0.15) is 11.6 Å². The van der Waals surface area contributed by atoms with Crippen molar-refractivity contribution in [3.8, 4) is 5.75 Å². The van der Waals surface area contributed by atoms with Crippen LogP contribution in [0, 0.1) is 0 Å². The van der Waals surface area contributed by atoms with Crippen LogP contribution in [0.1, 0.15) is 17.2 Å². The molecule has 1 amide bonds. The molecule has 0 aromatic heterocycles. The normalized spacial score (nSPS) is 11.7. The van der Waals surface area contributed by atoms with E-state index >= 15 is 0 Å². The minimum absolute atomic E-state index is 0.0402. The Morgan fingerprint density at radius 3 is 2.62 bits per heavy atom. The van der Waals surface area contributed by atoms with E-state index in [1.54, 1.807) is 7.11 Å². The van der Waals surface area contributed by atoms with Gasteiger partial charge in [0.05, 0.1) is 13.2 Å². The monoisotopic (exact) mass is 303 g/mol. The average Bonchev–Trinajstić information content (AvgIpc) is 2.55. The highest BCUT2D eigenvalue weighted by molar-refractivity contribution is 6.27. The number of hydrogen-bond acceptors (Lipinski definition) is 2. The Kier molecular flexibility index (Phi) is 5.64. The van der Waals surface area contributed by atoms with Crippen LogP contribution in [0.15, 0.2) is 54.6 Å². The average molecular weight is 304 g/mol. The minimum atomic E-state index is -0.173. The molecule has 21 heavy (non-hydrogen) atoms. The van der Waals surface area contributed by atoms with Gasteiger partial charge in [0.15, 0.2) is 0 Å². The molecule has 0 radical (unpaired) electrons. The number of rotatable bonds is 6. The maximum absolute atomic E-state index is 11.6. The van der Waals surface area contributed by atoms with Crippen LogP contribution in [0.5, 0.6) is 5.75 Å². The highest BCUT2D eigenvalue weighted by Gasteiger charge is 2.15. The lowest BCUT2D eigenvalue weighted by molar-refractivity contribution is -0.119. The molecule has 110 valence electrons. The Labute approximate surface area is 129 Å². The number of ether oxygens (including phenoxy) is 1. The van der Waals surface area contributed by atoms with Crippen LogP contribution in [-0.4, -0.2) is 18.9 Å². The number of carbonyl (C=O) groups excluding carboxylic acids is 1. The summed E-state index contributed by atoms with van der Waals surface area (Å²) in [6.07, 6.45) is 0.684. The molecule has 1 N–H and O–H groups in total. The van der Waals surface area contributed by atoms with Crippen molar-refractivity contribution in [2.24, 2.45) is 0 Å². The number of amides is 1. The summed E-state index contributed by atoms with van der Waals surface area (Å²) in [6, 6.07) is 17.6. The van der Waals surface area contributed by atoms with Gasteiger partial charge >= 0.3 is 0 Å². The predicted octanol–water partition coefficient (Wildman–Crippen LogP) is 3.33. The molecule has 0 aliphatic rings. The first-order valence-corrected chi connectivity index (χ1v) is 7.29. The summed E-state index contributed by atoms with van der Waals surface area (Å²) >= 11 is 5.60. The van der Waals surface area contributed by atoms with Gasteiger partial charge in [-0.3, -0.25) is 4.79 Å². The zero-order valence-corrected chi connectivity index (χ0v) is 12.6. The summed E-state index contributed by atoms with van der Waals surface area (Å²) in [6.45, 7) is 0. The van der Waals surface area contributed by atoms with E-state index in [4.69, 9.17) is 16.3 Å². The van der Waals surface area contributed by atoms with Crippen LogP contribution in [0.2, 0.25) is 0 Å². The van der Waals surface area contributed by atoms with Gasteiger partial charge in [-0.25, -0.2) is 0 Å². The van der Waals surface area contributed by atoms with Gasteiger partial charge in [0, 0.05) is 0 Å². The third kappa shape index (κ3) is 4.50. The van der Waals surface area contributed by atoms with Crippen LogP contribution in [-0.2, 0) is 11.2 Å². The molecule has 3 nitrogen and oxygen atoms in total. The van der Waals surface area contributed by atoms with Crippen molar-refractivity contribution in [1.82, 2.24) is 5.32 Å². The quantitative estimate of drug-likeness (QED) is 0.831. The number of alkyl halides is 1. The first-order valence-electron chi connectivity index (χ1n) is 6.76. The van der Waals surface area contributed by atoms with Crippen molar-refractivity contribution < 1.29 is 9.53 Å². The summed E-state index contributed by atoms with van der Waals surface area (Å²) in [5.41, 5.74) is 2.15. The van der Waals surface area contributed by atoms with Gasteiger partial charge in [-0.05, 0) is 29.7 Å². The molecule has 4 heteroatoms. The molecule has 0 bridgehead atoms. The molecule has 0 fully saturated rings. The number of halogens is 1. The van der Waals surface area contributed by atoms with E-state index in [1.165, 1.54) is 0 Å². The van der Waals surface area contributed by atoms with Gasteiger partial charge in [0.2, 0.25) is 5.91 Å². The molecule has 0 aliphatic heterocycles. The number of benzene rings is 2. The summed E-state index contributed by atoms with van der Waals surface area (Å²) in [5, 5.41) is 2.96. The summed E-state index contributed by atoms with van der Waals surface area (Å²) in [4.78, 5) is 11.6. The first kappa shape index (κ1) is 15.4. The topological polar surface area (TPSA) is 38.3 Å². The third-order valence-electron chi connectivity index (χ3n) is 3.23. The van der Waals surface area contributed by atoms with E-state index in [9.17, 15) is 4.79 Å². The molecule has 2 rings (SSSR count). The fourth-order valence-corrected chi connectivity index (χ4v) is 2.28. The Morgan fingerprint density at radius 1 is 1.19 bits per heavy atom. The van der Waals surface area contributed by atoms with Crippen molar-refractivity contribution in [2.75, 3.05) is 13.0 Å². The zero-order valence-electron chi connectivity index (χ0n) is 11.9. The highest BCUT2D eigenvalue weighted by Crippen LogP contribution is 2.21. The SMILES string of the molecule is COc1cccc(CC(NC(=O)CCl)c2ccccc2)c1. The smallest absolute Gasteiger partial charge is 0.235 e. The molecule has 0 saturated carbocycles. The number of hydrogen-bond donors (Lipinski definition) is 1. The highest BCUT2D eigenvalue weighted by atomic mass is 35.5. The number of methoxy groups -OCH3 is 1. The Bertz CT molecular complexity index is 586. The lowest BCUT2D eigenvalue weighted by Crippen LogP contribution is -2.30. The maximum atomic E-state index is 11.6. The Balaban J connectivity index is 2.21. The van der Waals surface area contributed by atoms with E-state index in [1.807, 2.05) is 54.6 Å². The molecule has 1 atom stereocenters. The van der Waals surface area contributed by atoms with Crippen LogP contribution < -0.4 is 10.1 Å². The van der Waals surface area contributed by atoms with Crippen LogP contribution >= 0.6 is 11.6 Å². The second-order valence-electron chi connectivity index (χ2n) is 4.72. The van der Waals surface area contributed by atoms with Crippen molar-refractivity contribution in [2.45, 2.75) is 12.5 Å². The maximum Gasteiger partial charge on any atom is 0.235 e. The van der Waals surface area contributed by atoms with Crippen LogP contribution in [0.4, 0.5) is 0 Å². The molecule has 0 aliphatic carbocycles. The second kappa shape index (κ2) is 7.70. The fraction of sp³-hybridized carbons (Fsp3) is 0.235. The largest absolute Gasteiger partial charge is 0.497 e. The summed E-state index contributed by atoms with van der Waals surface area (Å²) < 4.78 is 5.24.